The summed E-state index contributed by atoms with van der Waals surface area (Å²) in [4.78, 5) is 2.41. The zero-order valence-corrected chi connectivity index (χ0v) is 37.4. The van der Waals surface area contributed by atoms with Crippen LogP contribution in [-0.4, -0.2) is 0 Å². The zero-order valence-electron chi connectivity index (χ0n) is 37.4. The molecule has 68 heavy (non-hydrogen) atoms. The van der Waals surface area contributed by atoms with Crippen molar-refractivity contribution in [2.75, 3.05) is 4.90 Å². The maximum Gasteiger partial charge on any atom is 0.0713 e. The fraction of sp³-hybridized carbons (Fsp3) is 0.0149. The zero-order chi connectivity index (χ0) is 45.0. The fourth-order valence-corrected chi connectivity index (χ4v) is 11.2. The summed E-state index contributed by atoms with van der Waals surface area (Å²) in [5, 5.41) is 7.48. The van der Waals surface area contributed by atoms with Crippen LogP contribution in [0.15, 0.2) is 273 Å². The average Bonchev–Trinajstić information content (AvgIpc) is 3.72. The summed E-state index contributed by atoms with van der Waals surface area (Å²) in [6.07, 6.45) is 0. The molecule has 0 heterocycles. The van der Waals surface area contributed by atoms with E-state index >= 15 is 0 Å². The van der Waals surface area contributed by atoms with Gasteiger partial charge in [0.15, 0.2) is 0 Å². The van der Waals surface area contributed by atoms with E-state index < -0.39 is 5.41 Å². The number of rotatable bonds is 8. The van der Waals surface area contributed by atoms with Crippen LogP contribution in [0.2, 0.25) is 0 Å². The lowest BCUT2D eigenvalue weighted by molar-refractivity contribution is 0.769. The van der Waals surface area contributed by atoms with Crippen LogP contribution >= 0.6 is 0 Å². The van der Waals surface area contributed by atoms with Crippen LogP contribution in [0.25, 0.3) is 76.8 Å². The Morgan fingerprint density at radius 2 is 0.750 bits per heavy atom. The molecule has 0 N–H and O–H groups in total. The number of benzene rings is 12. The van der Waals surface area contributed by atoms with Crippen LogP contribution in [0, 0.1) is 0 Å². The van der Waals surface area contributed by atoms with Gasteiger partial charge in [-0.25, -0.2) is 0 Å². The molecule has 0 aliphatic heterocycles. The number of fused-ring (bicyclic) bond motifs is 7. The first-order valence-electron chi connectivity index (χ1n) is 23.6. The Kier molecular flexibility index (Phi) is 9.47. The van der Waals surface area contributed by atoms with E-state index in [-0.39, 0.29) is 0 Å². The second-order valence-corrected chi connectivity index (χ2v) is 18.0. The lowest BCUT2D eigenvalue weighted by Crippen LogP contribution is -2.28. The van der Waals surface area contributed by atoms with Gasteiger partial charge in [-0.2, -0.15) is 0 Å². The van der Waals surface area contributed by atoms with Gasteiger partial charge < -0.3 is 4.90 Å². The van der Waals surface area contributed by atoms with Crippen molar-refractivity contribution in [3.05, 3.63) is 295 Å². The molecule has 1 nitrogen and oxygen atoms in total. The van der Waals surface area contributed by atoms with E-state index in [1.165, 1.54) is 93.5 Å². The normalized spacial score (nSPS) is 12.5. The third-order valence-electron chi connectivity index (χ3n) is 14.3. The first kappa shape index (κ1) is 39.6. The largest absolute Gasteiger partial charge is 0.310 e. The number of anilines is 3. The molecule has 0 bridgehead atoms. The van der Waals surface area contributed by atoms with E-state index in [0.29, 0.717) is 0 Å². The molecule has 0 fully saturated rings. The molecule has 0 spiro atoms. The van der Waals surface area contributed by atoms with Crippen molar-refractivity contribution in [1.29, 1.82) is 0 Å². The van der Waals surface area contributed by atoms with Crippen molar-refractivity contribution in [2.45, 2.75) is 5.41 Å². The molecule has 318 valence electrons. The highest BCUT2D eigenvalue weighted by molar-refractivity contribution is 6.08. The molecular formula is C67H45N. The van der Waals surface area contributed by atoms with Crippen LogP contribution < -0.4 is 4.90 Å². The van der Waals surface area contributed by atoms with E-state index in [2.05, 4.69) is 278 Å². The molecule has 0 radical (unpaired) electrons. The van der Waals surface area contributed by atoms with Gasteiger partial charge in [-0.05, 0) is 148 Å². The Balaban J connectivity index is 0.933. The molecule has 1 aliphatic rings. The highest BCUT2D eigenvalue weighted by Gasteiger charge is 2.46. The minimum absolute atomic E-state index is 0.456. The standard InChI is InChI=1S/C67H45N/c1-3-22-54(23-4-1)67(55-24-5-2-6-25-55)65-31-12-11-29-63(65)64-40-36-51(45-66(64)67)46-34-37-56(38-35-46)68(58-39-41-62-53(44-58)33-32-48-17-8-10-28-60(48)62)57-26-14-20-50(43-57)49-19-13-21-52(42-49)61-30-15-18-47-16-7-9-27-59(47)61/h1-45H. The lowest BCUT2D eigenvalue weighted by Gasteiger charge is -2.34. The van der Waals surface area contributed by atoms with Crippen molar-refractivity contribution in [3.63, 3.8) is 0 Å². The first-order chi connectivity index (χ1) is 33.7. The Bertz CT molecular complexity index is 3800. The molecule has 0 aromatic heterocycles. The predicted octanol–water partition coefficient (Wildman–Crippen LogP) is 18.0. The SMILES string of the molecule is c1ccc(C2(c3ccccc3)c3ccccc3-c3ccc(-c4ccc(N(c5cccc(-c6cccc(-c7cccc8ccccc78)c6)c5)c5ccc6c(ccc7ccccc76)c5)cc4)cc32)cc1. The van der Waals surface area contributed by atoms with Gasteiger partial charge in [0.2, 0.25) is 0 Å². The van der Waals surface area contributed by atoms with Crippen LogP contribution in [-0.2, 0) is 5.41 Å². The first-order valence-corrected chi connectivity index (χ1v) is 23.6. The average molecular weight is 864 g/mol. The van der Waals surface area contributed by atoms with Crippen LogP contribution in [0.3, 0.4) is 0 Å². The minimum atomic E-state index is -0.456. The molecule has 0 saturated carbocycles. The summed E-state index contributed by atoms with van der Waals surface area (Å²) in [5.74, 6) is 0. The van der Waals surface area contributed by atoms with Gasteiger partial charge in [-0.15, -0.1) is 0 Å². The van der Waals surface area contributed by atoms with E-state index in [4.69, 9.17) is 0 Å². The van der Waals surface area contributed by atoms with Crippen molar-refractivity contribution in [3.8, 4) is 44.5 Å². The Hall–Kier alpha value is -8.78. The number of hydrogen-bond acceptors (Lipinski definition) is 1. The Morgan fingerprint density at radius 1 is 0.235 bits per heavy atom. The van der Waals surface area contributed by atoms with E-state index in [0.717, 1.165) is 22.6 Å². The van der Waals surface area contributed by atoms with Crippen molar-refractivity contribution in [2.24, 2.45) is 0 Å². The molecule has 0 unspecified atom stereocenters. The summed E-state index contributed by atoms with van der Waals surface area (Å²) in [7, 11) is 0. The van der Waals surface area contributed by atoms with Gasteiger partial charge in [-0.1, -0.05) is 224 Å². The maximum atomic E-state index is 2.45. The van der Waals surface area contributed by atoms with Crippen LogP contribution in [0.5, 0.6) is 0 Å². The minimum Gasteiger partial charge on any atom is -0.310 e. The van der Waals surface area contributed by atoms with Crippen molar-refractivity contribution in [1.82, 2.24) is 0 Å². The van der Waals surface area contributed by atoms with Gasteiger partial charge in [0.05, 0.1) is 5.41 Å². The maximum absolute atomic E-state index is 2.45. The second kappa shape index (κ2) is 16.3. The van der Waals surface area contributed by atoms with Crippen molar-refractivity contribution < 1.29 is 0 Å². The third kappa shape index (κ3) is 6.47. The number of hydrogen-bond donors (Lipinski definition) is 0. The summed E-state index contributed by atoms with van der Waals surface area (Å²) in [5.41, 5.74) is 17.7. The van der Waals surface area contributed by atoms with Crippen molar-refractivity contribution >= 4 is 49.4 Å². The van der Waals surface area contributed by atoms with E-state index in [9.17, 15) is 0 Å². The summed E-state index contributed by atoms with van der Waals surface area (Å²) in [6, 6.07) is 101. The van der Waals surface area contributed by atoms with Gasteiger partial charge in [0.25, 0.3) is 0 Å². The monoisotopic (exact) mass is 863 g/mol. The fourth-order valence-electron chi connectivity index (χ4n) is 11.2. The lowest BCUT2D eigenvalue weighted by atomic mass is 9.67. The van der Waals surface area contributed by atoms with Gasteiger partial charge in [0.1, 0.15) is 0 Å². The molecule has 0 atom stereocenters. The molecule has 1 heteroatoms. The second-order valence-electron chi connectivity index (χ2n) is 18.0. The van der Waals surface area contributed by atoms with Gasteiger partial charge in [-0.3, -0.25) is 0 Å². The van der Waals surface area contributed by atoms with Gasteiger partial charge >= 0.3 is 0 Å². The Morgan fingerprint density at radius 3 is 1.54 bits per heavy atom. The molecule has 1 aliphatic carbocycles. The molecule has 12 aromatic rings. The molecule has 0 saturated heterocycles. The van der Waals surface area contributed by atoms with E-state index in [1.54, 1.807) is 0 Å². The smallest absolute Gasteiger partial charge is 0.0713 e. The summed E-state index contributed by atoms with van der Waals surface area (Å²) in [6.45, 7) is 0. The molecule has 13 rings (SSSR count). The Labute approximate surface area is 397 Å². The quantitative estimate of drug-likeness (QED) is 0.138. The summed E-state index contributed by atoms with van der Waals surface area (Å²) < 4.78 is 0. The molecule has 0 amide bonds. The predicted molar refractivity (Wildman–Crippen MR) is 287 cm³/mol. The molecule has 12 aromatic carbocycles. The number of nitrogens with zero attached hydrogens (tertiary/aromatic N) is 1. The molecular weight excluding hydrogens is 819 g/mol. The third-order valence-corrected chi connectivity index (χ3v) is 14.3. The van der Waals surface area contributed by atoms with Gasteiger partial charge in [0, 0.05) is 17.1 Å². The van der Waals surface area contributed by atoms with E-state index in [1.807, 2.05) is 0 Å². The topological polar surface area (TPSA) is 3.24 Å². The summed E-state index contributed by atoms with van der Waals surface area (Å²) >= 11 is 0. The van der Waals surface area contributed by atoms with Crippen LogP contribution in [0.1, 0.15) is 22.3 Å². The highest BCUT2D eigenvalue weighted by atomic mass is 15.1. The van der Waals surface area contributed by atoms with Crippen LogP contribution in [0.4, 0.5) is 17.1 Å². The highest BCUT2D eigenvalue weighted by Crippen LogP contribution is 2.56.